The van der Waals surface area contributed by atoms with Crippen molar-refractivity contribution in [1.82, 2.24) is 10.2 Å². The van der Waals surface area contributed by atoms with Crippen molar-refractivity contribution in [3.05, 3.63) is 113 Å². The Balaban J connectivity index is 1.36. The summed E-state index contributed by atoms with van der Waals surface area (Å²) in [5.41, 5.74) is 3.67. The minimum absolute atomic E-state index is 0.0282. The van der Waals surface area contributed by atoms with Crippen molar-refractivity contribution in [1.29, 1.82) is 0 Å². The fourth-order valence-electron chi connectivity index (χ4n) is 2.93. The van der Waals surface area contributed by atoms with E-state index in [1.165, 1.54) is 17.7 Å². The summed E-state index contributed by atoms with van der Waals surface area (Å²) in [6.07, 6.45) is 1.16. The van der Waals surface area contributed by atoms with Crippen LogP contribution >= 0.6 is 0 Å². The van der Waals surface area contributed by atoms with Gasteiger partial charge in [-0.15, -0.1) is 5.10 Å². The summed E-state index contributed by atoms with van der Waals surface area (Å²) < 4.78 is 18.4. The molecule has 0 bridgehead atoms. The van der Waals surface area contributed by atoms with Crippen LogP contribution in [0.2, 0.25) is 0 Å². The lowest BCUT2D eigenvalue weighted by Gasteiger charge is -2.04. The number of amides is 1. The third kappa shape index (κ3) is 4.93. The zero-order chi connectivity index (χ0) is 20.1. The second kappa shape index (κ2) is 8.48. The summed E-state index contributed by atoms with van der Waals surface area (Å²) in [5, 5.41) is 10.4. The van der Waals surface area contributed by atoms with Crippen molar-refractivity contribution >= 4 is 11.9 Å². The van der Waals surface area contributed by atoms with Gasteiger partial charge in [-0.3, -0.25) is 10.1 Å². The number of nitrogens with one attached hydrogen (secondary N) is 1. The third-order valence-electron chi connectivity index (χ3n) is 4.42. The first-order chi connectivity index (χ1) is 14.2. The first-order valence-corrected chi connectivity index (χ1v) is 9.17. The second-order valence-electron chi connectivity index (χ2n) is 6.62. The molecule has 3 aromatic carbocycles. The minimum Gasteiger partial charge on any atom is -0.407 e. The van der Waals surface area contributed by atoms with Crippen molar-refractivity contribution in [2.75, 3.05) is 5.32 Å². The molecule has 0 radical (unpaired) electrons. The monoisotopic (exact) mass is 387 g/mol. The molecule has 4 rings (SSSR count). The average molecular weight is 387 g/mol. The lowest BCUT2D eigenvalue weighted by Crippen LogP contribution is -2.12. The molecule has 0 aliphatic rings. The predicted octanol–water partition coefficient (Wildman–Crippen LogP) is 4.64. The van der Waals surface area contributed by atoms with Crippen LogP contribution in [-0.4, -0.2) is 16.1 Å². The van der Waals surface area contributed by atoms with E-state index in [1.807, 2.05) is 30.3 Å². The molecule has 29 heavy (non-hydrogen) atoms. The number of anilines is 1. The van der Waals surface area contributed by atoms with Gasteiger partial charge in [0.2, 0.25) is 5.89 Å². The van der Waals surface area contributed by atoms with Gasteiger partial charge in [0.05, 0.1) is 6.42 Å². The smallest absolute Gasteiger partial charge is 0.322 e. The fourth-order valence-corrected chi connectivity index (χ4v) is 2.93. The normalized spacial score (nSPS) is 10.7. The largest absolute Gasteiger partial charge is 0.407 e. The Morgan fingerprint density at radius 1 is 0.793 bits per heavy atom. The number of aromatic nitrogens is 2. The standard InChI is InChI=1S/C23H18FN3O2/c24-20-12-8-18(9-13-20)15-21-26-27-23(29-21)25-22(28)19-10-6-17(7-11-19)14-16-4-2-1-3-5-16/h1-13H,14-15H2,(H,25,27,28). The average Bonchev–Trinajstić information content (AvgIpc) is 3.18. The highest BCUT2D eigenvalue weighted by Gasteiger charge is 2.12. The number of rotatable bonds is 6. The van der Waals surface area contributed by atoms with Gasteiger partial charge >= 0.3 is 6.01 Å². The highest BCUT2D eigenvalue weighted by atomic mass is 19.1. The lowest BCUT2D eigenvalue weighted by atomic mass is 10.0. The molecule has 0 spiro atoms. The van der Waals surface area contributed by atoms with Gasteiger partial charge in [-0.2, -0.15) is 0 Å². The maximum Gasteiger partial charge on any atom is 0.322 e. The summed E-state index contributed by atoms with van der Waals surface area (Å²) in [4.78, 5) is 12.4. The summed E-state index contributed by atoms with van der Waals surface area (Å²) in [7, 11) is 0. The molecule has 1 amide bonds. The molecule has 0 saturated heterocycles. The topological polar surface area (TPSA) is 68.0 Å². The second-order valence-corrected chi connectivity index (χ2v) is 6.62. The molecule has 4 aromatic rings. The molecule has 0 saturated carbocycles. The van der Waals surface area contributed by atoms with Crippen molar-refractivity contribution in [2.24, 2.45) is 0 Å². The summed E-state index contributed by atoms with van der Waals surface area (Å²) in [6, 6.07) is 23.6. The molecule has 0 aliphatic heterocycles. The molecule has 1 heterocycles. The molecule has 5 nitrogen and oxygen atoms in total. The molecular weight excluding hydrogens is 369 g/mol. The number of hydrogen-bond donors (Lipinski definition) is 1. The molecule has 1 N–H and O–H groups in total. The number of hydrogen-bond acceptors (Lipinski definition) is 4. The van der Waals surface area contributed by atoms with Crippen LogP contribution in [0, 0.1) is 5.82 Å². The third-order valence-corrected chi connectivity index (χ3v) is 4.42. The van der Waals surface area contributed by atoms with E-state index in [1.54, 1.807) is 24.3 Å². The molecular formula is C23H18FN3O2. The van der Waals surface area contributed by atoms with Crippen LogP contribution < -0.4 is 5.32 Å². The van der Waals surface area contributed by atoms with E-state index in [9.17, 15) is 9.18 Å². The highest BCUT2D eigenvalue weighted by molar-refractivity contribution is 6.03. The number of halogens is 1. The summed E-state index contributed by atoms with van der Waals surface area (Å²) >= 11 is 0. The summed E-state index contributed by atoms with van der Waals surface area (Å²) in [6.45, 7) is 0. The molecule has 0 unspecified atom stereocenters. The van der Waals surface area contributed by atoms with Crippen LogP contribution in [0.25, 0.3) is 0 Å². The lowest BCUT2D eigenvalue weighted by molar-refractivity contribution is 0.102. The van der Waals surface area contributed by atoms with E-state index in [2.05, 4.69) is 27.6 Å². The Bertz CT molecular complexity index is 1090. The molecule has 1 aromatic heterocycles. The van der Waals surface area contributed by atoms with Gasteiger partial charge in [0.1, 0.15) is 5.82 Å². The Hall–Kier alpha value is -3.80. The molecule has 6 heteroatoms. The van der Waals surface area contributed by atoms with Gasteiger partial charge < -0.3 is 4.42 Å². The minimum atomic E-state index is -0.326. The molecule has 144 valence electrons. The highest BCUT2D eigenvalue weighted by Crippen LogP contribution is 2.14. The Labute approximate surface area is 167 Å². The Morgan fingerprint density at radius 3 is 2.14 bits per heavy atom. The number of carbonyl (C=O) groups excluding carboxylic acids is 1. The number of nitrogens with zero attached hydrogens (tertiary/aromatic N) is 2. The molecule has 0 fully saturated rings. The predicted molar refractivity (Wildman–Crippen MR) is 107 cm³/mol. The van der Waals surface area contributed by atoms with E-state index >= 15 is 0 Å². The number of carbonyl (C=O) groups is 1. The fraction of sp³-hybridized carbons (Fsp3) is 0.0870. The van der Waals surface area contributed by atoms with Crippen molar-refractivity contribution in [3.63, 3.8) is 0 Å². The zero-order valence-corrected chi connectivity index (χ0v) is 15.5. The summed E-state index contributed by atoms with van der Waals surface area (Å²) in [5.74, 6) is -0.291. The maximum absolute atomic E-state index is 13.0. The van der Waals surface area contributed by atoms with Gasteiger partial charge in [-0.25, -0.2) is 4.39 Å². The van der Waals surface area contributed by atoms with Crippen LogP contribution in [0.1, 0.15) is 32.9 Å². The van der Waals surface area contributed by atoms with Gasteiger partial charge in [0.15, 0.2) is 0 Å². The maximum atomic E-state index is 13.0. The van der Waals surface area contributed by atoms with E-state index < -0.39 is 0 Å². The van der Waals surface area contributed by atoms with E-state index in [0.29, 0.717) is 17.9 Å². The number of benzene rings is 3. The van der Waals surface area contributed by atoms with Gasteiger partial charge in [0.25, 0.3) is 5.91 Å². The van der Waals surface area contributed by atoms with Crippen LogP contribution in [-0.2, 0) is 12.8 Å². The van der Waals surface area contributed by atoms with E-state index in [0.717, 1.165) is 17.5 Å². The molecule has 0 atom stereocenters. The SMILES string of the molecule is O=C(Nc1nnc(Cc2ccc(F)cc2)o1)c1ccc(Cc2ccccc2)cc1. The van der Waals surface area contributed by atoms with E-state index in [4.69, 9.17) is 4.42 Å². The Kier molecular flexibility index (Phi) is 5.42. The van der Waals surface area contributed by atoms with Gasteiger partial charge in [0, 0.05) is 5.56 Å². The van der Waals surface area contributed by atoms with Gasteiger partial charge in [-0.1, -0.05) is 59.7 Å². The van der Waals surface area contributed by atoms with Crippen molar-refractivity contribution < 1.29 is 13.6 Å². The van der Waals surface area contributed by atoms with Crippen molar-refractivity contribution in [2.45, 2.75) is 12.8 Å². The van der Waals surface area contributed by atoms with Gasteiger partial charge in [-0.05, 0) is 47.4 Å². The first kappa shape index (κ1) is 18.6. The zero-order valence-electron chi connectivity index (χ0n) is 15.5. The molecule has 0 aliphatic carbocycles. The van der Waals surface area contributed by atoms with Crippen molar-refractivity contribution in [3.8, 4) is 0 Å². The van der Waals surface area contributed by atoms with Crippen LogP contribution in [0.3, 0.4) is 0 Å². The van der Waals surface area contributed by atoms with Crippen LogP contribution in [0.4, 0.5) is 10.4 Å². The van der Waals surface area contributed by atoms with Crippen LogP contribution in [0.5, 0.6) is 0 Å². The first-order valence-electron chi connectivity index (χ1n) is 9.17. The van der Waals surface area contributed by atoms with E-state index in [-0.39, 0.29) is 17.7 Å². The Morgan fingerprint density at radius 2 is 1.41 bits per heavy atom. The van der Waals surface area contributed by atoms with Crippen LogP contribution in [0.15, 0.2) is 83.3 Å². The quantitative estimate of drug-likeness (QED) is 0.523.